The highest BCUT2D eigenvalue weighted by Crippen LogP contribution is 2.26. The Balaban J connectivity index is 2.08. The lowest BCUT2D eigenvalue weighted by Gasteiger charge is -2.34. The van der Waals surface area contributed by atoms with Crippen molar-refractivity contribution in [3.05, 3.63) is 24.3 Å². The molecule has 0 bridgehead atoms. The maximum absolute atomic E-state index is 12.0. The number of hydrogen-bond donors (Lipinski definition) is 1. The molecule has 1 heterocycles. The third-order valence-corrected chi connectivity index (χ3v) is 6.06. The van der Waals surface area contributed by atoms with Crippen molar-refractivity contribution in [1.82, 2.24) is 0 Å². The maximum Gasteiger partial charge on any atom is 0.178 e. The number of hydrogen-bond acceptors (Lipinski definition) is 4. The summed E-state index contributed by atoms with van der Waals surface area (Å²) in [4.78, 5) is 2.78. The van der Waals surface area contributed by atoms with E-state index in [0.29, 0.717) is 17.2 Å². The molecule has 4 nitrogen and oxygen atoms in total. The Bertz CT molecular complexity index is 538. The smallest absolute Gasteiger partial charge is 0.178 e. The van der Waals surface area contributed by atoms with E-state index in [1.165, 1.54) is 12.8 Å². The molecule has 1 aromatic carbocycles. The Hall–Kier alpha value is -1.07. The second-order valence-corrected chi connectivity index (χ2v) is 7.95. The minimum Gasteiger partial charge on any atom is -0.371 e. The van der Waals surface area contributed by atoms with E-state index in [1.54, 1.807) is 12.1 Å². The normalized spacial score (nSPS) is 19.7. The fourth-order valence-corrected chi connectivity index (χ4v) is 4.35. The average molecular weight is 310 g/mol. The number of rotatable bonds is 6. The van der Waals surface area contributed by atoms with Crippen LogP contribution in [0.5, 0.6) is 0 Å². The monoisotopic (exact) mass is 310 g/mol. The molecule has 1 fully saturated rings. The summed E-state index contributed by atoms with van der Waals surface area (Å²) in [5.74, 6) is 0.876. The highest BCUT2D eigenvalue weighted by atomic mass is 32.2. The average Bonchev–Trinajstić information content (AvgIpc) is 2.48. The van der Waals surface area contributed by atoms with Gasteiger partial charge in [0.15, 0.2) is 9.84 Å². The predicted octanol–water partition coefficient (Wildman–Crippen LogP) is 2.44. The molecule has 0 amide bonds. The van der Waals surface area contributed by atoms with Crippen molar-refractivity contribution in [3.63, 3.8) is 0 Å². The highest BCUT2D eigenvalue weighted by molar-refractivity contribution is 7.91. The number of nitrogens with two attached hydrogens (primary N) is 1. The fraction of sp³-hybridized carbons (Fsp3) is 0.625. The Morgan fingerprint density at radius 2 is 2.00 bits per heavy atom. The van der Waals surface area contributed by atoms with Gasteiger partial charge in [-0.05, 0) is 62.4 Å². The molecule has 5 heteroatoms. The summed E-state index contributed by atoms with van der Waals surface area (Å²) < 4.78 is 24.1. The predicted molar refractivity (Wildman–Crippen MR) is 87.4 cm³/mol. The molecular formula is C16H26N2O2S. The van der Waals surface area contributed by atoms with Crippen LogP contribution in [0.4, 0.5) is 5.69 Å². The SMILES string of the molecule is CCCS(=O)(=O)c1ccc(N2CCCC(CCN)C2)cc1. The van der Waals surface area contributed by atoms with Crippen molar-refractivity contribution in [1.29, 1.82) is 0 Å². The lowest BCUT2D eigenvalue weighted by molar-refractivity contribution is 0.396. The first-order valence-corrected chi connectivity index (χ1v) is 9.50. The molecule has 1 aliphatic heterocycles. The quantitative estimate of drug-likeness (QED) is 0.876. The van der Waals surface area contributed by atoms with Crippen molar-refractivity contribution >= 4 is 15.5 Å². The Labute approximate surface area is 128 Å². The second kappa shape index (κ2) is 7.27. The third kappa shape index (κ3) is 4.20. The summed E-state index contributed by atoms with van der Waals surface area (Å²) in [5.41, 5.74) is 6.77. The molecular weight excluding hydrogens is 284 g/mol. The topological polar surface area (TPSA) is 63.4 Å². The van der Waals surface area contributed by atoms with E-state index in [0.717, 1.165) is 31.7 Å². The molecule has 0 saturated carbocycles. The van der Waals surface area contributed by atoms with Crippen molar-refractivity contribution in [2.45, 2.75) is 37.5 Å². The first-order valence-electron chi connectivity index (χ1n) is 7.84. The van der Waals surface area contributed by atoms with Gasteiger partial charge in [0.25, 0.3) is 0 Å². The summed E-state index contributed by atoms with van der Waals surface area (Å²) in [5, 5.41) is 0. The number of nitrogens with zero attached hydrogens (tertiary/aromatic N) is 1. The third-order valence-electron chi connectivity index (χ3n) is 4.13. The van der Waals surface area contributed by atoms with Gasteiger partial charge in [0.05, 0.1) is 10.6 Å². The zero-order chi connectivity index (χ0) is 15.3. The van der Waals surface area contributed by atoms with Crippen LogP contribution in [0.25, 0.3) is 0 Å². The molecule has 118 valence electrons. The van der Waals surface area contributed by atoms with Crippen LogP contribution >= 0.6 is 0 Å². The van der Waals surface area contributed by atoms with Gasteiger partial charge in [-0.15, -0.1) is 0 Å². The van der Waals surface area contributed by atoms with Crippen LogP contribution in [-0.4, -0.2) is 33.8 Å². The Kier molecular flexibility index (Phi) is 5.65. The van der Waals surface area contributed by atoms with Crippen LogP contribution < -0.4 is 10.6 Å². The number of benzene rings is 1. The number of anilines is 1. The zero-order valence-electron chi connectivity index (χ0n) is 12.8. The highest BCUT2D eigenvalue weighted by Gasteiger charge is 2.20. The van der Waals surface area contributed by atoms with Crippen LogP contribution in [0.3, 0.4) is 0 Å². The molecule has 1 aromatic rings. The first-order chi connectivity index (χ1) is 10.1. The van der Waals surface area contributed by atoms with Crippen LogP contribution in [0.15, 0.2) is 29.2 Å². The van der Waals surface area contributed by atoms with E-state index >= 15 is 0 Å². The van der Waals surface area contributed by atoms with Crippen LogP contribution in [0, 0.1) is 5.92 Å². The van der Waals surface area contributed by atoms with Crippen molar-refractivity contribution in [2.24, 2.45) is 11.7 Å². The number of piperidine rings is 1. The summed E-state index contributed by atoms with van der Waals surface area (Å²) in [6.07, 6.45) is 4.15. The Morgan fingerprint density at radius 1 is 1.29 bits per heavy atom. The van der Waals surface area contributed by atoms with Crippen molar-refractivity contribution in [3.8, 4) is 0 Å². The molecule has 0 aromatic heterocycles. The molecule has 0 radical (unpaired) electrons. The Morgan fingerprint density at radius 3 is 2.62 bits per heavy atom. The number of sulfone groups is 1. The fourth-order valence-electron chi connectivity index (χ4n) is 3.02. The van der Waals surface area contributed by atoms with Gasteiger partial charge >= 0.3 is 0 Å². The summed E-state index contributed by atoms with van der Waals surface area (Å²) in [6, 6.07) is 7.36. The first kappa shape index (κ1) is 16.3. The molecule has 1 atom stereocenters. The van der Waals surface area contributed by atoms with E-state index < -0.39 is 9.84 Å². The van der Waals surface area contributed by atoms with E-state index in [4.69, 9.17) is 5.73 Å². The van der Waals surface area contributed by atoms with Crippen LogP contribution in [0.1, 0.15) is 32.6 Å². The van der Waals surface area contributed by atoms with Gasteiger partial charge in [-0.3, -0.25) is 0 Å². The summed E-state index contributed by atoms with van der Waals surface area (Å²) in [7, 11) is -3.11. The van der Waals surface area contributed by atoms with Crippen molar-refractivity contribution in [2.75, 3.05) is 30.3 Å². The molecule has 1 unspecified atom stereocenters. The van der Waals surface area contributed by atoms with Crippen LogP contribution in [0.2, 0.25) is 0 Å². The summed E-state index contributed by atoms with van der Waals surface area (Å²) >= 11 is 0. The maximum atomic E-state index is 12.0. The van der Waals surface area contributed by atoms with E-state index in [1.807, 2.05) is 19.1 Å². The standard InChI is InChI=1S/C16H26N2O2S/c1-2-12-21(19,20)16-7-5-15(6-8-16)18-11-3-4-14(13-18)9-10-17/h5-8,14H,2-4,9-13,17H2,1H3. The molecule has 2 rings (SSSR count). The molecule has 0 aliphatic carbocycles. The molecule has 21 heavy (non-hydrogen) atoms. The van der Waals surface area contributed by atoms with Gasteiger partial charge in [0.2, 0.25) is 0 Å². The van der Waals surface area contributed by atoms with Gasteiger partial charge in [0.1, 0.15) is 0 Å². The van der Waals surface area contributed by atoms with Crippen LogP contribution in [-0.2, 0) is 9.84 Å². The molecule has 0 spiro atoms. The van der Waals surface area contributed by atoms with E-state index in [9.17, 15) is 8.42 Å². The molecule has 2 N–H and O–H groups in total. The van der Waals surface area contributed by atoms with E-state index in [-0.39, 0.29) is 5.75 Å². The summed E-state index contributed by atoms with van der Waals surface area (Å²) in [6.45, 7) is 4.70. The lowest BCUT2D eigenvalue weighted by atomic mass is 9.94. The van der Waals surface area contributed by atoms with E-state index in [2.05, 4.69) is 4.90 Å². The second-order valence-electron chi connectivity index (χ2n) is 5.84. The minimum absolute atomic E-state index is 0.217. The van der Waals surface area contributed by atoms with Gasteiger partial charge in [0, 0.05) is 18.8 Å². The minimum atomic E-state index is -3.11. The zero-order valence-corrected chi connectivity index (χ0v) is 13.6. The molecule has 1 saturated heterocycles. The van der Waals surface area contributed by atoms with Gasteiger partial charge in [-0.2, -0.15) is 0 Å². The van der Waals surface area contributed by atoms with Gasteiger partial charge in [-0.25, -0.2) is 8.42 Å². The largest absolute Gasteiger partial charge is 0.371 e. The molecule has 1 aliphatic rings. The van der Waals surface area contributed by atoms with Gasteiger partial charge < -0.3 is 10.6 Å². The van der Waals surface area contributed by atoms with Gasteiger partial charge in [-0.1, -0.05) is 6.92 Å². The lowest BCUT2D eigenvalue weighted by Crippen LogP contribution is -2.36. The van der Waals surface area contributed by atoms with Crippen molar-refractivity contribution < 1.29 is 8.42 Å².